The van der Waals surface area contributed by atoms with Crippen molar-refractivity contribution in [1.29, 1.82) is 0 Å². The minimum absolute atomic E-state index is 0.0282. The number of carboxylic acid groups (broad SMARTS) is 4. The highest BCUT2D eigenvalue weighted by atomic mass is 16.4. The maximum Gasteiger partial charge on any atom is 0.326 e. The average Bonchev–Trinajstić information content (AvgIpc) is 4.06. The number of carbonyl (C=O) groups is 12. The fourth-order valence-corrected chi connectivity index (χ4v) is 8.78. The Balaban J connectivity index is 2.43. The van der Waals surface area contributed by atoms with Gasteiger partial charge in [0, 0.05) is 32.4 Å². The van der Waals surface area contributed by atoms with E-state index in [9.17, 15) is 78.0 Å². The molecule has 0 saturated carbocycles. The molecule has 2 fully saturated rings. The second-order valence-corrected chi connectivity index (χ2v) is 20.7. The molecule has 0 bridgehead atoms. The summed E-state index contributed by atoms with van der Waals surface area (Å²) in [5.41, 5.74) is 10.9. The van der Waals surface area contributed by atoms with Crippen molar-refractivity contribution in [2.24, 2.45) is 34.2 Å². The van der Waals surface area contributed by atoms with Crippen molar-refractivity contribution in [3.8, 4) is 0 Å². The van der Waals surface area contributed by atoms with Gasteiger partial charge in [-0.2, -0.15) is 0 Å². The number of nitrogens with one attached hydrogen (secondary N) is 8. The Hall–Kier alpha value is -7.13. The summed E-state index contributed by atoms with van der Waals surface area (Å²) in [4.78, 5) is 163. The first-order valence-corrected chi connectivity index (χ1v) is 26.2. The second-order valence-electron chi connectivity index (χ2n) is 20.7. The molecule has 0 aromatic carbocycles. The van der Waals surface area contributed by atoms with Gasteiger partial charge in [-0.05, 0) is 101 Å². The molecule has 2 saturated heterocycles. The molecule has 28 nitrogen and oxygen atoms in total. The highest BCUT2D eigenvalue weighted by Crippen LogP contribution is 2.22. The zero-order chi connectivity index (χ0) is 58.1. The fourth-order valence-electron chi connectivity index (χ4n) is 8.78. The number of nitrogens with two attached hydrogens (primary N) is 2. The lowest BCUT2D eigenvalue weighted by Crippen LogP contribution is -2.60. The van der Waals surface area contributed by atoms with E-state index in [1.54, 1.807) is 41.5 Å². The minimum Gasteiger partial charge on any atom is -0.481 e. The molecule has 0 aromatic heterocycles. The summed E-state index contributed by atoms with van der Waals surface area (Å²) in [6, 6.07) is -12.0. The summed E-state index contributed by atoms with van der Waals surface area (Å²) in [7, 11) is 0. The summed E-state index contributed by atoms with van der Waals surface area (Å²) in [5.74, 6) is -13.1. The second kappa shape index (κ2) is 33.1. The summed E-state index contributed by atoms with van der Waals surface area (Å²) in [5, 5.41) is 59.1. The number of carbonyl (C=O) groups excluding carboxylic acids is 8. The van der Waals surface area contributed by atoms with E-state index in [4.69, 9.17) is 11.5 Å². The van der Waals surface area contributed by atoms with Crippen LogP contribution in [0.1, 0.15) is 138 Å². The van der Waals surface area contributed by atoms with E-state index >= 15 is 0 Å². The maximum atomic E-state index is 14.5. The number of guanidine groups is 1. The first-order chi connectivity index (χ1) is 36.1. The quantitative estimate of drug-likeness (QED) is 0.0185. The fraction of sp³-hybridized carbons (Fsp3) is 0.735. The molecule has 9 atom stereocenters. The third kappa shape index (κ3) is 24.6. The Morgan fingerprint density at radius 3 is 1.34 bits per heavy atom. The molecule has 0 radical (unpaired) electrons. The van der Waals surface area contributed by atoms with Gasteiger partial charge in [0.1, 0.15) is 48.3 Å². The van der Waals surface area contributed by atoms with Crippen LogP contribution < -0.4 is 54.0 Å². The summed E-state index contributed by atoms with van der Waals surface area (Å²) >= 11 is 0. The first-order valence-electron chi connectivity index (χ1n) is 26.2. The van der Waals surface area contributed by atoms with Gasteiger partial charge >= 0.3 is 23.9 Å². The van der Waals surface area contributed by atoms with Crippen LogP contribution in [-0.4, -0.2) is 176 Å². The third-order valence-electron chi connectivity index (χ3n) is 12.6. The number of aliphatic imine (C=N–C) groups is 1. The summed E-state index contributed by atoms with van der Waals surface area (Å²) < 4.78 is 0. The van der Waals surface area contributed by atoms with Gasteiger partial charge < -0.3 is 79.3 Å². The number of amides is 8. The SMILES string of the molecule is CC(C)C[C@H](NC(=O)[C@H](CCCN=C(N)N)NC(=O)[C@@H]1CCCN1C(=O)[C@H](CC(C)C)NC(=O)[C@H](CCC(=O)O)NC(=O)[C@H](CCC(=O)O)NC(=O)[C@H](CCC(=O)O)NC(=O)[C@H](CC(C)C)NC(=O)[C@@H]1CCCN1)C(=O)O. The molecule has 2 aliphatic rings. The highest BCUT2D eigenvalue weighted by Gasteiger charge is 2.41. The standard InChI is InChI=1S/C49H82N12O16/c1-25(2)22-33(58-40(68)28-10-7-19-52-28)45(73)56-31(14-17-38(64)65)43(71)54-30(13-16-37(62)63)42(70)55-32(15-18-39(66)67)44(72)59-34(23-26(3)4)47(75)61-21-9-12-36(61)46(74)57-29(11-8-20-53-49(50)51)41(69)60-35(48(76)77)24-27(5)6/h25-36,52H,7-24H2,1-6H3,(H,54,71)(H,55,70)(H,56,73)(H,57,74)(H,58,68)(H,59,72)(H,60,69)(H,62,63)(H,64,65)(H,66,67)(H,76,77)(H4,50,51,53)/t28-,29-,30-,31-,32-,33-,34-,35-,36-/m0/s1. The lowest BCUT2D eigenvalue weighted by molar-refractivity contribution is -0.144. The molecule has 0 unspecified atom stereocenters. The Kier molecular flexibility index (Phi) is 28.4. The molecule has 77 heavy (non-hydrogen) atoms. The Labute approximate surface area is 447 Å². The van der Waals surface area contributed by atoms with Crippen molar-refractivity contribution in [1.82, 2.24) is 47.4 Å². The zero-order valence-electron chi connectivity index (χ0n) is 44.9. The lowest BCUT2D eigenvalue weighted by atomic mass is 10.0. The van der Waals surface area contributed by atoms with Crippen molar-refractivity contribution in [2.45, 2.75) is 192 Å². The van der Waals surface area contributed by atoms with Crippen molar-refractivity contribution in [2.75, 3.05) is 19.6 Å². The van der Waals surface area contributed by atoms with E-state index < -0.39 is 164 Å². The topological polar surface area (TPSA) is 450 Å². The van der Waals surface area contributed by atoms with Crippen molar-refractivity contribution in [3.05, 3.63) is 0 Å². The number of hydrogen-bond donors (Lipinski definition) is 14. The Bertz CT molecular complexity index is 2110. The first kappa shape index (κ1) is 66.0. The monoisotopic (exact) mass is 1090 g/mol. The van der Waals surface area contributed by atoms with Crippen LogP contribution in [-0.2, 0) is 57.5 Å². The molecule has 2 aliphatic heterocycles. The number of likely N-dealkylation sites (tertiary alicyclic amines) is 1. The predicted octanol–water partition coefficient (Wildman–Crippen LogP) is -2.01. The van der Waals surface area contributed by atoms with Crippen molar-refractivity contribution in [3.63, 3.8) is 0 Å². The molecule has 28 heteroatoms. The minimum atomic E-state index is -1.78. The normalized spacial score (nSPS) is 17.9. The largest absolute Gasteiger partial charge is 0.481 e. The van der Waals surface area contributed by atoms with Crippen LogP contribution in [0.3, 0.4) is 0 Å². The maximum absolute atomic E-state index is 14.5. The van der Waals surface area contributed by atoms with Crippen molar-refractivity contribution < 1.29 is 78.0 Å². The number of aliphatic carboxylic acids is 4. The van der Waals surface area contributed by atoms with E-state index in [1.807, 2.05) is 0 Å². The van der Waals surface area contributed by atoms with Gasteiger partial charge in [0.25, 0.3) is 0 Å². The molecule has 16 N–H and O–H groups in total. The Morgan fingerprint density at radius 1 is 0.519 bits per heavy atom. The number of nitrogens with zero attached hydrogens (tertiary/aromatic N) is 2. The summed E-state index contributed by atoms with van der Waals surface area (Å²) in [6.45, 7) is 11.3. The molecule has 2 rings (SSSR count). The van der Waals surface area contributed by atoms with Crippen molar-refractivity contribution >= 4 is 77.1 Å². The third-order valence-corrected chi connectivity index (χ3v) is 12.6. The van der Waals surface area contributed by atoms with Gasteiger partial charge in [-0.25, -0.2) is 4.79 Å². The van der Waals surface area contributed by atoms with Crippen LogP contribution in [0.5, 0.6) is 0 Å². The molecule has 0 spiro atoms. The highest BCUT2D eigenvalue weighted by molar-refractivity contribution is 5.98. The van der Waals surface area contributed by atoms with E-state index in [0.29, 0.717) is 19.4 Å². The van der Waals surface area contributed by atoms with E-state index in [1.165, 1.54) is 4.90 Å². The average molecular weight is 1100 g/mol. The van der Waals surface area contributed by atoms with Gasteiger partial charge in [-0.15, -0.1) is 0 Å². The van der Waals surface area contributed by atoms with Crippen LogP contribution in [0.25, 0.3) is 0 Å². The van der Waals surface area contributed by atoms with Crippen LogP contribution in [0.15, 0.2) is 4.99 Å². The number of hydrogen-bond acceptors (Lipinski definition) is 14. The zero-order valence-corrected chi connectivity index (χ0v) is 44.9. The molecule has 0 aliphatic carbocycles. The molecule has 434 valence electrons. The Morgan fingerprint density at radius 2 is 0.922 bits per heavy atom. The predicted molar refractivity (Wildman–Crippen MR) is 276 cm³/mol. The van der Waals surface area contributed by atoms with E-state index in [2.05, 4.69) is 47.5 Å². The molecule has 2 heterocycles. The van der Waals surface area contributed by atoms with Gasteiger partial charge in [0.05, 0.1) is 6.04 Å². The van der Waals surface area contributed by atoms with Gasteiger partial charge in [0.15, 0.2) is 5.96 Å². The van der Waals surface area contributed by atoms with Crippen LogP contribution in [0, 0.1) is 17.8 Å². The van der Waals surface area contributed by atoms with Gasteiger partial charge in [0.2, 0.25) is 47.3 Å². The van der Waals surface area contributed by atoms with Gasteiger partial charge in [-0.1, -0.05) is 41.5 Å². The smallest absolute Gasteiger partial charge is 0.326 e. The number of carboxylic acids is 4. The molecule has 8 amide bonds. The molecule has 0 aromatic rings. The summed E-state index contributed by atoms with van der Waals surface area (Å²) in [6.07, 6.45) is -1.74. The lowest BCUT2D eigenvalue weighted by Gasteiger charge is -2.31. The van der Waals surface area contributed by atoms with Crippen LogP contribution in [0.2, 0.25) is 0 Å². The van der Waals surface area contributed by atoms with E-state index in [-0.39, 0.29) is 75.3 Å². The number of rotatable bonds is 35. The molecular weight excluding hydrogens is 1010 g/mol. The van der Waals surface area contributed by atoms with Gasteiger partial charge in [-0.3, -0.25) is 57.7 Å². The molecular formula is C49H82N12O16. The van der Waals surface area contributed by atoms with Crippen LogP contribution in [0.4, 0.5) is 0 Å². The van der Waals surface area contributed by atoms with E-state index in [0.717, 1.165) is 6.42 Å². The van der Waals surface area contributed by atoms with Crippen LogP contribution >= 0.6 is 0 Å².